The molecule has 0 spiro atoms. The standard InChI is InChI=1S/C22H40N4O8S/c1-20(2,3)32-15(27)11-23-16(28)14(12-35)25-18(30)24-10-13(17(29)33-21(4,5)6)26-19(31)34-22(7,8)9/h13-14,35H,10-12H2,1-9H3,(H,23,28)(H,26,31)(H2,24,25,30)/t13-,14-/m0/s1. The van der Waals surface area contributed by atoms with Gasteiger partial charge in [-0.2, -0.15) is 12.6 Å². The number of urea groups is 1. The highest BCUT2D eigenvalue weighted by molar-refractivity contribution is 7.80. The zero-order chi connectivity index (χ0) is 27.6. The molecule has 35 heavy (non-hydrogen) atoms. The fourth-order valence-electron chi connectivity index (χ4n) is 2.27. The van der Waals surface area contributed by atoms with Crippen LogP contribution >= 0.6 is 12.6 Å². The highest BCUT2D eigenvalue weighted by Gasteiger charge is 2.30. The van der Waals surface area contributed by atoms with Crippen LogP contribution < -0.4 is 21.3 Å². The molecule has 0 aliphatic carbocycles. The molecule has 0 saturated carbocycles. The molecule has 0 aromatic rings. The smallest absolute Gasteiger partial charge is 0.408 e. The third kappa shape index (κ3) is 16.5. The van der Waals surface area contributed by atoms with Crippen LogP contribution in [0.4, 0.5) is 9.59 Å². The van der Waals surface area contributed by atoms with E-state index < -0.39 is 58.9 Å². The molecule has 0 aromatic carbocycles. The van der Waals surface area contributed by atoms with Gasteiger partial charge in [0.25, 0.3) is 0 Å². The third-order valence-electron chi connectivity index (χ3n) is 3.48. The van der Waals surface area contributed by atoms with Gasteiger partial charge < -0.3 is 35.5 Å². The Morgan fingerprint density at radius 1 is 0.714 bits per heavy atom. The van der Waals surface area contributed by atoms with Gasteiger partial charge in [0.15, 0.2) is 0 Å². The lowest BCUT2D eigenvalue weighted by molar-refractivity contribution is -0.157. The fourth-order valence-corrected chi connectivity index (χ4v) is 2.53. The molecule has 0 unspecified atom stereocenters. The number of hydrogen-bond acceptors (Lipinski definition) is 9. The number of alkyl carbamates (subject to hydrolysis) is 1. The molecule has 0 rings (SSSR count). The van der Waals surface area contributed by atoms with Gasteiger partial charge in [0, 0.05) is 5.75 Å². The molecule has 0 aliphatic heterocycles. The topological polar surface area (TPSA) is 161 Å². The van der Waals surface area contributed by atoms with Gasteiger partial charge in [-0.1, -0.05) is 0 Å². The van der Waals surface area contributed by atoms with Crippen LogP contribution in [0.3, 0.4) is 0 Å². The van der Waals surface area contributed by atoms with Crippen LogP contribution in [0.1, 0.15) is 62.3 Å². The number of esters is 2. The lowest BCUT2D eigenvalue weighted by atomic mass is 10.2. The Kier molecular flexibility index (Phi) is 12.4. The van der Waals surface area contributed by atoms with Crippen LogP contribution in [-0.2, 0) is 28.6 Å². The number of carbonyl (C=O) groups excluding carboxylic acids is 5. The molecular formula is C22H40N4O8S. The van der Waals surface area contributed by atoms with Crippen molar-refractivity contribution in [2.75, 3.05) is 18.8 Å². The quantitative estimate of drug-likeness (QED) is 0.173. The predicted molar refractivity (Wildman–Crippen MR) is 132 cm³/mol. The Morgan fingerprint density at radius 2 is 1.23 bits per heavy atom. The maximum absolute atomic E-state index is 12.5. The zero-order valence-electron chi connectivity index (χ0n) is 22.0. The Hall–Kier alpha value is -2.70. The molecule has 4 N–H and O–H groups in total. The summed E-state index contributed by atoms with van der Waals surface area (Å²) in [6, 6.07) is -3.15. The van der Waals surface area contributed by atoms with Gasteiger partial charge in [0.2, 0.25) is 5.91 Å². The van der Waals surface area contributed by atoms with Gasteiger partial charge in [-0.25, -0.2) is 14.4 Å². The van der Waals surface area contributed by atoms with E-state index in [-0.39, 0.29) is 18.8 Å². The molecule has 0 saturated heterocycles. The number of thiol groups is 1. The van der Waals surface area contributed by atoms with Gasteiger partial charge >= 0.3 is 24.1 Å². The van der Waals surface area contributed by atoms with Gasteiger partial charge in [-0.05, 0) is 62.3 Å². The van der Waals surface area contributed by atoms with Crippen LogP contribution in [0.25, 0.3) is 0 Å². The van der Waals surface area contributed by atoms with Crippen LogP contribution in [-0.4, -0.2) is 77.7 Å². The Labute approximate surface area is 212 Å². The number of carbonyl (C=O) groups is 5. The van der Waals surface area contributed by atoms with Crippen LogP contribution in [0.15, 0.2) is 0 Å². The third-order valence-corrected chi connectivity index (χ3v) is 3.85. The van der Waals surface area contributed by atoms with Crippen molar-refractivity contribution >= 4 is 42.6 Å². The molecule has 2 atom stereocenters. The summed E-state index contributed by atoms with van der Waals surface area (Å²) in [4.78, 5) is 61.1. The lowest BCUT2D eigenvalue weighted by Crippen LogP contribution is -2.56. The van der Waals surface area contributed by atoms with Crippen molar-refractivity contribution < 1.29 is 38.2 Å². The summed E-state index contributed by atoms with van der Waals surface area (Å²) in [5.41, 5.74) is -2.35. The molecule has 0 bridgehead atoms. The average Bonchev–Trinajstić information content (AvgIpc) is 2.63. The van der Waals surface area contributed by atoms with E-state index in [9.17, 15) is 24.0 Å². The first kappa shape index (κ1) is 32.3. The van der Waals surface area contributed by atoms with Crippen LogP contribution in [0.5, 0.6) is 0 Å². The van der Waals surface area contributed by atoms with Gasteiger partial charge in [-0.15, -0.1) is 0 Å². The number of hydrogen-bond donors (Lipinski definition) is 5. The Balaban J connectivity index is 5.02. The van der Waals surface area contributed by atoms with E-state index in [0.29, 0.717) is 0 Å². The second-order valence-electron chi connectivity index (χ2n) is 10.6. The monoisotopic (exact) mass is 520 g/mol. The number of amides is 4. The molecule has 4 amide bonds. The van der Waals surface area contributed by atoms with Crippen molar-refractivity contribution in [3.05, 3.63) is 0 Å². The second kappa shape index (κ2) is 13.4. The first-order valence-corrected chi connectivity index (χ1v) is 11.7. The molecule has 0 aliphatic rings. The van der Waals surface area contributed by atoms with Gasteiger partial charge in [0.05, 0.1) is 6.54 Å². The highest BCUT2D eigenvalue weighted by atomic mass is 32.1. The highest BCUT2D eigenvalue weighted by Crippen LogP contribution is 2.10. The largest absolute Gasteiger partial charge is 0.459 e. The summed E-state index contributed by atoms with van der Waals surface area (Å²) in [7, 11) is 0. The molecule has 0 fully saturated rings. The minimum atomic E-state index is -1.26. The molecule has 13 heteroatoms. The summed E-state index contributed by atoms with van der Waals surface area (Å²) in [6.45, 7) is 14.3. The van der Waals surface area contributed by atoms with Crippen LogP contribution in [0.2, 0.25) is 0 Å². The first-order valence-electron chi connectivity index (χ1n) is 11.1. The number of nitrogens with one attached hydrogen (secondary N) is 4. The zero-order valence-corrected chi connectivity index (χ0v) is 22.9. The molecular weight excluding hydrogens is 480 g/mol. The van der Waals surface area contributed by atoms with E-state index in [1.165, 1.54) is 0 Å². The van der Waals surface area contributed by atoms with Crippen molar-refractivity contribution in [3.63, 3.8) is 0 Å². The molecule has 12 nitrogen and oxygen atoms in total. The predicted octanol–water partition coefficient (Wildman–Crippen LogP) is 1.28. The molecule has 202 valence electrons. The van der Waals surface area contributed by atoms with Crippen molar-refractivity contribution in [2.24, 2.45) is 0 Å². The molecule has 0 radical (unpaired) electrons. The summed E-state index contributed by atoms with van der Waals surface area (Å²) in [5.74, 6) is -2.15. The SMILES string of the molecule is CC(C)(C)OC(=O)CNC(=O)[C@H](CS)NC(=O)NC[C@H](NC(=O)OC(C)(C)C)C(=O)OC(C)(C)C. The van der Waals surface area contributed by atoms with Crippen molar-refractivity contribution in [1.82, 2.24) is 21.3 Å². The van der Waals surface area contributed by atoms with E-state index in [1.807, 2.05) is 0 Å². The maximum Gasteiger partial charge on any atom is 0.408 e. The van der Waals surface area contributed by atoms with E-state index in [0.717, 1.165) is 0 Å². The summed E-state index contributed by atoms with van der Waals surface area (Å²) in [6.07, 6.45) is -0.870. The number of rotatable bonds is 9. The fraction of sp³-hybridized carbons (Fsp3) is 0.773. The van der Waals surface area contributed by atoms with E-state index in [1.54, 1.807) is 62.3 Å². The van der Waals surface area contributed by atoms with E-state index >= 15 is 0 Å². The Bertz CT molecular complexity index is 769. The normalized spacial score (nSPS) is 13.5. The number of ether oxygens (including phenoxy) is 3. The maximum atomic E-state index is 12.5. The summed E-state index contributed by atoms with van der Waals surface area (Å²) in [5, 5.41) is 9.53. The van der Waals surface area contributed by atoms with Gasteiger partial charge in [0.1, 0.15) is 35.4 Å². The van der Waals surface area contributed by atoms with Gasteiger partial charge in [-0.3, -0.25) is 9.59 Å². The average molecular weight is 521 g/mol. The minimum Gasteiger partial charge on any atom is -0.459 e. The molecule has 0 heterocycles. The van der Waals surface area contributed by atoms with Crippen LogP contribution in [0, 0.1) is 0 Å². The van der Waals surface area contributed by atoms with E-state index in [4.69, 9.17) is 14.2 Å². The summed E-state index contributed by atoms with van der Waals surface area (Å²) >= 11 is 4.05. The minimum absolute atomic E-state index is 0.0702. The first-order chi connectivity index (χ1) is 15.7. The van der Waals surface area contributed by atoms with E-state index in [2.05, 4.69) is 33.9 Å². The second-order valence-corrected chi connectivity index (χ2v) is 11.0. The van der Waals surface area contributed by atoms with Crippen molar-refractivity contribution in [3.8, 4) is 0 Å². The molecule has 0 aromatic heterocycles. The van der Waals surface area contributed by atoms with Crippen molar-refractivity contribution in [1.29, 1.82) is 0 Å². The lowest BCUT2D eigenvalue weighted by Gasteiger charge is -2.26. The van der Waals surface area contributed by atoms with Crippen molar-refractivity contribution in [2.45, 2.75) is 91.2 Å². The Morgan fingerprint density at radius 3 is 1.69 bits per heavy atom. The summed E-state index contributed by atoms with van der Waals surface area (Å²) < 4.78 is 15.6.